The van der Waals surface area contributed by atoms with Crippen LogP contribution >= 0.6 is 0 Å². The van der Waals surface area contributed by atoms with Crippen molar-refractivity contribution in [1.82, 2.24) is 19.4 Å². The fourth-order valence-electron chi connectivity index (χ4n) is 3.84. The summed E-state index contributed by atoms with van der Waals surface area (Å²) in [4.78, 5) is 27.5. The molecular weight excluding hydrogens is 404 g/mol. The van der Waals surface area contributed by atoms with Gasteiger partial charge >= 0.3 is 0 Å². The first kappa shape index (κ1) is 19.0. The summed E-state index contributed by atoms with van der Waals surface area (Å²) in [5.41, 5.74) is 0.881. The number of imide groups is 1. The van der Waals surface area contributed by atoms with E-state index in [9.17, 15) is 18.0 Å². The van der Waals surface area contributed by atoms with Gasteiger partial charge in [-0.3, -0.25) is 19.2 Å². The number of benzene rings is 2. The van der Waals surface area contributed by atoms with E-state index in [1.165, 1.54) is 12.1 Å². The molecule has 0 saturated heterocycles. The van der Waals surface area contributed by atoms with Crippen molar-refractivity contribution in [2.75, 3.05) is 0 Å². The standard InChI is InChI=1S/C21H20N4O4S/c1-21(6-7-21)23-30(28,29)15-8-14-4-3-5-16-18(14)17(9-15)20(27)25(19(16)26)12-13-10-22-24(2)11-13/h3-5,8-11,23H,6-7,12H2,1-2H3. The minimum atomic E-state index is -3.80. The third-order valence-electron chi connectivity index (χ3n) is 5.69. The van der Waals surface area contributed by atoms with Crippen LogP contribution in [0.25, 0.3) is 10.8 Å². The molecule has 0 radical (unpaired) electrons. The predicted octanol–water partition coefficient (Wildman–Crippen LogP) is 2.20. The minimum absolute atomic E-state index is 0.0271. The molecule has 2 heterocycles. The highest BCUT2D eigenvalue weighted by Crippen LogP contribution is 2.37. The highest BCUT2D eigenvalue weighted by Gasteiger charge is 2.42. The lowest BCUT2D eigenvalue weighted by atomic mass is 9.94. The zero-order chi connectivity index (χ0) is 21.3. The van der Waals surface area contributed by atoms with Gasteiger partial charge in [0, 0.05) is 40.9 Å². The average Bonchev–Trinajstić information content (AvgIpc) is 3.26. The van der Waals surface area contributed by atoms with Crippen molar-refractivity contribution >= 4 is 32.6 Å². The molecule has 3 aromatic rings. The fraction of sp³-hybridized carbons (Fsp3) is 0.286. The third-order valence-corrected chi connectivity index (χ3v) is 7.31. The molecule has 9 heteroatoms. The number of nitrogens with zero attached hydrogens (tertiary/aromatic N) is 3. The fourth-order valence-corrected chi connectivity index (χ4v) is 5.36. The van der Waals surface area contributed by atoms with E-state index < -0.39 is 27.4 Å². The first-order valence-corrected chi connectivity index (χ1v) is 11.1. The zero-order valence-corrected chi connectivity index (χ0v) is 17.4. The summed E-state index contributed by atoms with van der Waals surface area (Å²) in [6.45, 7) is 1.92. The predicted molar refractivity (Wildman–Crippen MR) is 109 cm³/mol. The molecule has 2 amide bonds. The molecule has 2 aliphatic rings. The third kappa shape index (κ3) is 3.01. The highest BCUT2D eigenvalue weighted by atomic mass is 32.2. The Balaban J connectivity index is 1.63. The van der Waals surface area contributed by atoms with Crippen molar-refractivity contribution in [3.63, 3.8) is 0 Å². The Kier molecular flexibility index (Phi) is 3.93. The summed E-state index contributed by atoms with van der Waals surface area (Å²) < 4.78 is 30.2. The lowest BCUT2D eigenvalue weighted by Crippen LogP contribution is -2.40. The first-order valence-electron chi connectivity index (χ1n) is 9.61. The van der Waals surface area contributed by atoms with Gasteiger partial charge in [-0.2, -0.15) is 5.10 Å². The quantitative estimate of drug-likeness (QED) is 0.633. The summed E-state index contributed by atoms with van der Waals surface area (Å²) >= 11 is 0. The van der Waals surface area contributed by atoms with Gasteiger partial charge in [0.1, 0.15) is 0 Å². The number of carbonyl (C=O) groups excluding carboxylic acids is 2. The molecule has 2 aromatic carbocycles. The van der Waals surface area contributed by atoms with E-state index in [-0.39, 0.29) is 17.0 Å². The average molecular weight is 424 g/mol. The number of hydrogen-bond donors (Lipinski definition) is 1. The maximum absolute atomic E-state index is 13.3. The van der Waals surface area contributed by atoms with Gasteiger partial charge in [0.2, 0.25) is 10.0 Å². The highest BCUT2D eigenvalue weighted by molar-refractivity contribution is 7.89. The lowest BCUT2D eigenvalue weighted by molar-refractivity contribution is 0.0598. The topological polar surface area (TPSA) is 101 Å². The maximum Gasteiger partial charge on any atom is 0.261 e. The van der Waals surface area contributed by atoms with Crippen molar-refractivity contribution in [1.29, 1.82) is 0 Å². The van der Waals surface area contributed by atoms with Gasteiger partial charge in [0.25, 0.3) is 11.8 Å². The summed E-state index contributed by atoms with van der Waals surface area (Å²) in [5.74, 6) is -0.914. The summed E-state index contributed by atoms with van der Waals surface area (Å²) in [7, 11) is -2.04. The Hall–Kier alpha value is -3.04. The van der Waals surface area contributed by atoms with E-state index in [4.69, 9.17) is 0 Å². The van der Waals surface area contributed by atoms with Crippen LogP contribution in [0, 0.1) is 0 Å². The first-order chi connectivity index (χ1) is 14.2. The van der Waals surface area contributed by atoms with Crippen molar-refractivity contribution < 1.29 is 18.0 Å². The molecule has 1 aromatic heterocycles. The number of aryl methyl sites for hydroxylation is 1. The van der Waals surface area contributed by atoms with Gasteiger partial charge in [-0.1, -0.05) is 12.1 Å². The van der Waals surface area contributed by atoms with Gasteiger partial charge in [-0.05, 0) is 43.4 Å². The molecule has 8 nitrogen and oxygen atoms in total. The summed E-state index contributed by atoms with van der Waals surface area (Å²) in [5, 5.41) is 5.12. The van der Waals surface area contributed by atoms with E-state index in [1.807, 2.05) is 6.92 Å². The van der Waals surface area contributed by atoms with Crippen LogP contribution in [0.4, 0.5) is 0 Å². The van der Waals surface area contributed by atoms with Gasteiger partial charge in [-0.15, -0.1) is 0 Å². The van der Waals surface area contributed by atoms with Crippen LogP contribution in [-0.2, 0) is 23.6 Å². The second-order valence-electron chi connectivity index (χ2n) is 8.26. The maximum atomic E-state index is 13.3. The molecule has 1 aliphatic heterocycles. The molecule has 0 spiro atoms. The van der Waals surface area contributed by atoms with Crippen LogP contribution in [0.1, 0.15) is 46.0 Å². The van der Waals surface area contributed by atoms with Crippen LogP contribution < -0.4 is 4.72 Å². The van der Waals surface area contributed by atoms with E-state index in [1.54, 1.807) is 42.3 Å². The number of sulfonamides is 1. The molecule has 1 N–H and O–H groups in total. The number of carbonyl (C=O) groups is 2. The lowest BCUT2D eigenvalue weighted by Gasteiger charge is -2.27. The van der Waals surface area contributed by atoms with Crippen molar-refractivity contribution in [2.45, 2.75) is 36.7 Å². The largest absolute Gasteiger partial charge is 0.275 e. The molecule has 5 rings (SSSR count). The Morgan fingerprint density at radius 3 is 2.53 bits per heavy atom. The van der Waals surface area contributed by atoms with Crippen LogP contribution in [0.3, 0.4) is 0 Å². The summed E-state index contributed by atoms with van der Waals surface area (Å²) in [6.07, 6.45) is 4.89. The van der Waals surface area contributed by atoms with Crippen molar-refractivity contribution in [3.8, 4) is 0 Å². The number of nitrogens with one attached hydrogen (secondary N) is 1. The second kappa shape index (κ2) is 6.23. The molecule has 1 fully saturated rings. The number of rotatable bonds is 5. The van der Waals surface area contributed by atoms with Crippen molar-refractivity contribution in [2.24, 2.45) is 7.05 Å². The molecular formula is C21H20N4O4S. The second-order valence-corrected chi connectivity index (χ2v) is 9.94. The normalized spacial score (nSPS) is 17.6. The van der Waals surface area contributed by atoms with Crippen LogP contribution in [-0.4, -0.2) is 40.5 Å². The van der Waals surface area contributed by atoms with Gasteiger partial charge < -0.3 is 0 Å². The number of hydrogen-bond acceptors (Lipinski definition) is 5. The molecule has 0 bridgehead atoms. The summed E-state index contributed by atoms with van der Waals surface area (Å²) in [6, 6.07) is 7.98. The smallest absolute Gasteiger partial charge is 0.261 e. The number of amides is 2. The minimum Gasteiger partial charge on any atom is -0.275 e. The van der Waals surface area contributed by atoms with Crippen molar-refractivity contribution in [3.05, 3.63) is 59.4 Å². The molecule has 1 saturated carbocycles. The molecule has 1 aliphatic carbocycles. The molecule has 154 valence electrons. The van der Waals surface area contributed by atoms with Gasteiger partial charge in [-0.25, -0.2) is 13.1 Å². The Morgan fingerprint density at radius 2 is 1.87 bits per heavy atom. The van der Waals surface area contributed by atoms with Gasteiger partial charge in [0.05, 0.1) is 17.6 Å². The van der Waals surface area contributed by atoms with E-state index >= 15 is 0 Å². The monoisotopic (exact) mass is 424 g/mol. The zero-order valence-electron chi connectivity index (χ0n) is 16.5. The Bertz CT molecular complexity index is 1340. The Morgan fingerprint density at radius 1 is 1.13 bits per heavy atom. The van der Waals surface area contributed by atoms with E-state index in [0.717, 1.165) is 17.7 Å². The number of aromatic nitrogens is 2. The molecule has 0 unspecified atom stereocenters. The van der Waals surface area contributed by atoms with Crippen LogP contribution in [0.15, 0.2) is 47.6 Å². The van der Waals surface area contributed by atoms with Crippen LogP contribution in [0.2, 0.25) is 0 Å². The van der Waals surface area contributed by atoms with E-state index in [0.29, 0.717) is 21.9 Å². The SMILES string of the molecule is Cn1cc(CN2C(=O)c3cccc4cc(S(=O)(=O)NC5(C)CC5)cc(c34)C2=O)cn1. The van der Waals surface area contributed by atoms with Crippen LogP contribution in [0.5, 0.6) is 0 Å². The Labute approximate surface area is 173 Å². The van der Waals surface area contributed by atoms with E-state index in [2.05, 4.69) is 9.82 Å². The van der Waals surface area contributed by atoms with Gasteiger partial charge in [0.15, 0.2) is 0 Å². The molecule has 0 atom stereocenters. The molecule has 30 heavy (non-hydrogen) atoms.